The van der Waals surface area contributed by atoms with Gasteiger partial charge in [0.25, 0.3) is 0 Å². The number of guanidine groups is 1. The van der Waals surface area contributed by atoms with Crippen LogP contribution in [0.25, 0.3) is 0 Å². The number of benzene rings is 1. The Kier molecular flexibility index (Phi) is 3.28. The zero-order valence-corrected chi connectivity index (χ0v) is 8.70. The Hall–Kier alpha value is -2.04. The van der Waals surface area contributed by atoms with Crippen molar-refractivity contribution in [1.82, 2.24) is 5.43 Å². The van der Waals surface area contributed by atoms with Gasteiger partial charge in [0, 0.05) is 0 Å². The van der Waals surface area contributed by atoms with Crippen molar-refractivity contribution < 1.29 is 5.11 Å². The van der Waals surface area contributed by atoms with Crippen molar-refractivity contribution in [2.24, 2.45) is 10.8 Å². The number of nitrogens with zero attached hydrogens (tertiary/aromatic N) is 1. The Morgan fingerprint density at radius 1 is 1.47 bits per heavy atom. The molecule has 0 unspecified atom stereocenters. The molecule has 5 heteroatoms. The molecule has 0 saturated heterocycles. The van der Waals surface area contributed by atoms with Gasteiger partial charge in [-0.2, -0.15) is 5.10 Å². The van der Waals surface area contributed by atoms with Crippen LogP contribution in [-0.2, 0) is 0 Å². The summed E-state index contributed by atoms with van der Waals surface area (Å²) in [6, 6.07) is 3.60. The highest BCUT2D eigenvalue weighted by atomic mass is 16.3. The second kappa shape index (κ2) is 4.45. The first kappa shape index (κ1) is 11.0. The monoisotopic (exact) mass is 206 g/mol. The third-order valence-electron chi connectivity index (χ3n) is 1.91. The summed E-state index contributed by atoms with van der Waals surface area (Å²) >= 11 is 0. The smallest absolute Gasteiger partial charge is 0.206 e. The first-order valence-electron chi connectivity index (χ1n) is 4.44. The molecule has 1 aromatic carbocycles. The minimum atomic E-state index is -0.210. The minimum absolute atomic E-state index is 0.210. The quantitative estimate of drug-likeness (QED) is 0.328. The number of aryl methyl sites for hydroxylation is 2. The van der Waals surface area contributed by atoms with Crippen LogP contribution in [-0.4, -0.2) is 17.3 Å². The van der Waals surface area contributed by atoms with E-state index in [1.807, 2.05) is 13.8 Å². The SMILES string of the molecule is Cc1cc(C=NNC(=N)N)cc(C)c1O. The maximum absolute atomic E-state index is 9.53. The Labute approximate surface area is 88.1 Å². The summed E-state index contributed by atoms with van der Waals surface area (Å²) in [5.41, 5.74) is 9.80. The second-order valence-corrected chi connectivity index (χ2v) is 3.29. The molecule has 1 aromatic rings. The lowest BCUT2D eigenvalue weighted by molar-refractivity contribution is 0.467. The van der Waals surface area contributed by atoms with E-state index in [1.165, 1.54) is 0 Å². The molecule has 0 radical (unpaired) electrons. The number of rotatable bonds is 2. The van der Waals surface area contributed by atoms with Gasteiger partial charge in [-0.3, -0.25) is 5.41 Å². The highest BCUT2D eigenvalue weighted by molar-refractivity contribution is 5.82. The fourth-order valence-electron chi connectivity index (χ4n) is 1.24. The lowest BCUT2D eigenvalue weighted by Gasteiger charge is -2.04. The molecular weight excluding hydrogens is 192 g/mol. The van der Waals surface area contributed by atoms with Gasteiger partial charge in [-0.15, -0.1) is 0 Å². The molecule has 0 bridgehead atoms. The van der Waals surface area contributed by atoms with Gasteiger partial charge < -0.3 is 10.8 Å². The molecule has 0 aliphatic carbocycles. The van der Waals surface area contributed by atoms with E-state index in [9.17, 15) is 5.11 Å². The predicted octanol–water partition coefficient (Wildman–Crippen LogP) is 0.826. The van der Waals surface area contributed by atoms with Gasteiger partial charge in [-0.1, -0.05) is 0 Å². The molecule has 15 heavy (non-hydrogen) atoms. The molecule has 0 aromatic heterocycles. The van der Waals surface area contributed by atoms with E-state index in [2.05, 4.69) is 10.5 Å². The Bertz CT molecular complexity index is 389. The van der Waals surface area contributed by atoms with E-state index in [-0.39, 0.29) is 5.96 Å². The standard InChI is InChI=1S/C10H14N4O/c1-6-3-8(4-7(2)9(6)15)5-13-14-10(11)12/h3-5,15H,1-2H3,(H4,11,12,14). The summed E-state index contributed by atoms with van der Waals surface area (Å²) in [7, 11) is 0. The van der Waals surface area contributed by atoms with Gasteiger partial charge in [0.15, 0.2) is 0 Å². The van der Waals surface area contributed by atoms with Crippen molar-refractivity contribution in [3.05, 3.63) is 28.8 Å². The molecule has 0 atom stereocenters. The van der Waals surface area contributed by atoms with Crippen molar-refractivity contribution in [3.63, 3.8) is 0 Å². The van der Waals surface area contributed by atoms with Crippen molar-refractivity contribution in [3.8, 4) is 5.75 Å². The third kappa shape index (κ3) is 2.98. The maximum Gasteiger partial charge on any atom is 0.206 e. The minimum Gasteiger partial charge on any atom is -0.507 e. The van der Waals surface area contributed by atoms with Crippen molar-refractivity contribution in [1.29, 1.82) is 5.41 Å². The number of hydrogen-bond donors (Lipinski definition) is 4. The van der Waals surface area contributed by atoms with Gasteiger partial charge in [0.2, 0.25) is 5.96 Å². The van der Waals surface area contributed by atoms with Crippen LogP contribution in [0.3, 0.4) is 0 Å². The number of hydrazone groups is 1. The number of aromatic hydroxyl groups is 1. The first-order chi connectivity index (χ1) is 7.00. The third-order valence-corrected chi connectivity index (χ3v) is 1.91. The topological polar surface area (TPSA) is 94.5 Å². The summed E-state index contributed by atoms with van der Waals surface area (Å²) in [5.74, 6) is 0.0881. The zero-order valence-electron chi connectivity index (χ0n) is 8.70. The van der Waals surface area contributed by atoms with Crippen molar-refractivity contribution in [2.45, 2.75) is 13.8 Å². The maximum atomic E-state index is 9.53. The molecule has 0 spiro atoms. The van der Waals surface area contributed by atoms with Crippen LogP contribution in [0.15, 0.2) is 17.2 Å². The molecule has 0 amide bonds. The van der Waals surface area contributed by atoms with Crippen LogP contribution in [0.5, 0.6) is 5.75 Å². The molecule has 80 valence electrons. The van der Waals surface area contributed by atoms with Crippen LogP contribution in [0.2, 0.25) is 0 Å². The number of phenols is 1. The molecule has 0 aliphatic heterocycles. The van der Waals surface area contributed by atoms with E-state index in [4.69, 9.17) is 11.1 Å². The molecule has 0 aliphatic rings. The van der Waals surface area contributed by atoms with Crippen LogP contribution < -0.4 is 11.2 Å². The van der Waals surface area contributed by atoms with E-state index < -0.39 is 0 Å². The zero-order chi connectivity index (χ0) is 11.4. The number of nitrogens with one attached hydrogen (secondary N) is 2. The highest BCUT2D eigenvalue weighted by Gasteiger charge is 2.01. The second-order valence-electron chi connectivity index (χ2n) is 3.29. The summed E-state index contributed by atoms with van der Waals surface area (Å²) in [5, 5.41) is 20.2. The van der Waals surface area contributed by atoms with E-state index in [0.29, 0.717) is 5.75 Å². The summed E-state index contributed by atoms with van der Waals surface area (Å²) in [6.45, 7) is 3.64. The molecule has 0 saturated carbocycles. The highest BCUT2D eigenvalue weighted by Crippen LogP contribution is 2.21. The molecule has 1 rings (SSSR count). The average Bonchev–Trinajstić information content (AvgIpc) is 2.13. The number of hydrogen-bond acceptors (Lipinski definition) is 3. The Balaban J connectivity index is 2.87. The summed E-state index contributed by atoms with van der Waals surface area (Å²) < 4.78 is 0. The molecular formula is C10H14N4O. The number of phenolic OH excluding ortho intramolecular Hbond substituents is 1. The van der Waals surface area contributed by atoms with Crippen molar-refractivity contribution >= 4 is 12.2 Å². The lowest BCUT2D eigenvalue weighted by Crippen LogP contribution is -2.25. The van der Waals surface area contributed by atoms with Crippen LogP contribution in [0.4, 0.5) is 0 Å². The lowest BCUT2D eigenvalue weighted by atomic mass is 10.1. The Morgan fingerprint density at radius 2 is 2.00 bits per heavy atom. The van der Waals surface area contributed by atoms with E-state index in [0.717, 1.165) is 16.7 Å². The van der Waals surface area contributed by atoms with Gasteiger partial charge in [0.1, 0.15) is 5.75 Å². The van der Waals surface area contributed by atoms with E-state index >= 15 is 0 Å². The normalized spacial score (nSPS) is 10.5. The first-order valence-corrected chi connectivity index (χ1v) is 4.44. The molecule has 0 heterocycles. The van der Waals surface area contributed by atoms with Gasteiger partial charge in [0.05, 0.1) is 6.21 Å². The van der Waals surface area contributed by atoms with Gasteiger partial charge >= 0.3 is 0 Å². The van der Waals surface area contributed by atoms with Gasteiger partial charge in [-0.05, 0) is 42.7 Å². The molecule has 5 nitrogen and oxygen atoms in total. The van der Waals surface area contributed by atoms with Crippen LogP contribution >= 0.6 is 0 Å². The average molecular weight is 206 g/mol. The number of nitrogens with two attached hydrogens (primary N) is 1. The fourth-order valence-corrected chi connectivity index (χ4v) is 1.24. The van der Waals surface area contributed by atoms with Crippen LogP contribution in [0, 0.1) is 19.3 Å². The van der Waals surface area contributed by atoms with Crippen molar-refractivity contribution in [2.75, 3.05) is 0 Å². The predicted molar refractivity (Wildman–Crippen MR) is 60.2 cm³/mol. The summed E-state index contributed by atoms with van der Waals surface area (Å²) in [6.07, 6.45) is 1.54. The van der Waals surface area contributed by atoms with Crippen LogP contribution in [0.1, 0.15) is 16.7 Å². The summed E-state index contributed by atoms with van der Waals surface area (Å²) in [4.78, 5) is 0. The fraction of sp³-hybridized carbons (Fsp3) is 0.200. The molecule has 5 N–H and O–H groups in total. The molecule has 0 fully saturated rings. The van der Waals surface area contributed by atoms with E-state index in [1.54, 1.807) is 18.3 Å². The largest absolute Gasteiger partial charge is 0.507 e. The van der Waals surface area contributed by atoms with Gasteiger partial charge in [-0.25, -0.2) is 5.43 Å². The Morgan fingerprint density at radius 3 is 2.47 bits per heavy atom.